The van der Waals surface area contributed by atoms with Crippen molar-refractivity contribution >= 4 is 29.2 Å². The smallest absolute Gasteiger partial charge is 0.338 e. The molecule has 1 aliphatic rings. The molecule has 9 nitrogen and oxygen atoms in total. The maximum Gasteiger partial charge on any atom is 0.338 e. The number of aromatic amines is 1. The van der Waals surface area contributed by atoms with Gasteiger partial charge in [-0.1, -0.05) is 36.4 Å². The molecule has 1 aliphatic heterocycles. The van der Waals surface area contributed by atoms with Gasteiger partial charge >= 0.3 is 11.9 Å². The summed E-state index contributed by atoms with van der Waals surface area (Å²) in [5, 5.41) is 0. The Kier molecular flexibility index (Phi) is 9.59. The lowest BCUT2D eigenvalue weighted by Gasteiger charge is -2.06. The number of ether oxygens (including phenoxy) is 2. The quantitative estimate of drug-likeness (QED) is 0.336. The largest absolute Gasteiger partial charge is 0.457 e. The second-order valence-corrected chi connectivity index (χ2v) is 8.58. The van der Waals surface area contributed by atoms with Crippen LogP contribution in [0.15, 0.2) is 76.9 Å². The number of hydrogen-bond acceptors (Lipinski definition) is 8. The summed E-state index contributed by atoms with van der Waals surface area (Å²) in [5.74, 6) is -0.680. The van der Waals surface area contributed by atoms with Crippen molar-refractivity contribution in [3.05, 3.63) is 100 Å². The van der Waals surface area contributed by atoms with Crippen LogP contribution in [-0.2, 0) is 20.9 Å². The van der Waals surface area contributed by atoms with Crippen molar-refractivity contribution < 1.29 is 28.7 Å². The first kappa shape index (κ1) is 27.9. The van der Waals surface area contributed by atoms with Crippen LogP contribution in [0.1, 0.15) is 69.9 Å². The third-order valence-electron chi connectivity index (χ3n) is 5.66. The molecule has 0 radical (unpaired) electrons. The highest BCUT2D eigenvalue weighted by molar-refractivity contribution is 6.40. The van der Waals surface area contributed by atoms with Crippen LogP contribution in [0.5, 0.6) is 0 Å². The monoisotopic (exact) mass is 515 g/mol. The second-order valence-electron chi connectivity index (χ2n) is 8.58. The van der Waals surface area contributed by atoms with Gasteiger partial charge in [0.1, 0.15) is 13.2 Å². The fourth-order valence-corrected chi connectivity index (χ4v) is 3.42. The van der Waals surface area contributed by atoms with Gasteiger partial charge in [-0.2, -0.15) is 0 Å². The molecule has 38 heavy (non-hydrogen) atoms. The third kappa shape index (κ3) is 7.67. The molecule has 2 aromatic carbocycles. The SMILES string of the molecule is CC(=O)C1=NC(C)=C(COC(=O)c2ccccc2)C1.CC(=O)c1nc(COC(=O)c2ccccc2)c(C)[nH]1. The number of rotatable bonds is 8. The van der Waals surface area contributed by atoms with Gasteiger partial charge < -0.3 is 14.5 Å². The fourth-order valence-electron chi connectivity index (χ4n) is 3.42. The van der Waals surface area contributed by atoms with Crippen LogP contribution in [0.25, 0.3) is 0 Å². The molecule has 4 rings (SSSR count). The number of ketones is 2. The van der Waals surface area contributed by atoms with Gasteiger partial charge in [0, 0.05) is 31.7 Å². The highest BCUT2D eigenvalue weighted by Crippen LogP contribution is 2.20. The number of nitrogens with zero attached hydrogens (tertiary/aromatic N) is 2. The van der Waals surface area contributed by atoms with E-state index < -0.39 is 5.97 Å². The predicted molar refractivity (Wildman–Crippen MR) is 141 cm³/mol. The number of carbonyl (C=O) groups excluding carboxylic acids is 4. The van der Waals surface area contributed by atoms with Crippen LogP contribution in [0.4, 0.5) is 0 Å². The van der Waals surface area contributed by atoms with E-state index in [-0.39, 0.29) is 36.6 Å². The topological polar surface area (TPSA) is 128 Å². The van der Waals surface area contributed by atoms with Gasteiger partial charge in [0.15, 0.2) is 17.4 Å². The van der Waals surface area contributed by atoms with E-state index in [9.17, 15) is 19.2 Å². The summed E-state index contributed by atoms with van der Waals surface area (Å²) in [4.78, 5) is 57.0. The molecule has 0 amide bonds. The first-order valence-corrected chi connectivity index (χ1v) is 11.9. The summed E-state index contributed by atoms with van der Waals surface area (Å²) < 4.78 is 10.4. The first-order valence-electron chi connectivity index (χ1n) is 11.9. The molecule has 1 N–H and O–H groups in total. The minimum Gasteiger partial charge on any atom is -0.457 e. The van der Waals surface area contributed by atoms with E-state index in [1.54, 1.807) is 55.5 Å². The zero-order valence-corrected chi connectivity index (χ0v) is 21.7. The van der Waals surface area contributed by atoms with Gasteiger partial charge in [-0.15, -0.1) is 0 Å². The number of allylic oxidation sites excluding steroid dienone is 1. The summed E-state index contributed by atoms with van der Waals surface area (Å²) in [7, 11) is 0. The molecule has 196 valence electrons. The van der Waals surface area contributed by atoms with E-state index in [0.717, 1.165) is 17.0 Å². The van der Waals surface area contributed by atoms with Gasteiger partial charge in [-0.3, -0.25) is 14.6 Å². The lowest BCUT2D eigenvalue weighted by Crippen LogP contribution is -2.11. The van der Waals surface area contributed by atoms with Crippen molar-refractivity contribution in [2.45, 2.75) is 40.7 Å². The van der Waals surface area contributed by atoms with E-state index >= 15 is 0 Å². The van der Waals surface area contributed by atoms with Crippen molar-refractivity contribution in [3.63, 3.8) is 0 Å². The number of esters is 2. The molecular weight excluding hydrogens is 486 g/mol. The van der Waals surface area contributed by atoms with Crippen molar-refractivity contribution in [1.82, 2.24) is 9.97 Å². The number of imidazole rings is 1. The van der Waals surface area contributed by atoms with E-state index in [2.05, 4.69) is 15.0 Å². The minimum absolute atomic E-state index is 0.0382. The van der Waals surface area contributed by atoms with Gasteiger partial charge in [-0.25, -0.2) is 14.6 Å². The van der Waals surface area contributed by atoms with Crippen LogP contribution in [-0.4, -0.2) is 45.8 Å². The predicted octanol–water partition coefficient (Wildman–Crippen LogP) is 4.83. The molecule has 0 spiro atoms. The molecule has 2 heterocycles. The van der Waals surface area contributed by atoms with Crippen LogP contribution in [0, 0.1) is 6.92 Å². The average Bonchev–Trinajstić information content (AvgIpc) is 3.49. The molecule has 0 aliphatic carbocycles. The molecule has 3 aromatic rings. The van der Waals surface area contributed by atoms with Gasteiger partial charge in [0.25, 0.3) is 0 Å². The molecule has 1 aromatic heterocycles. The molecule has 0 saturated heterocycles. The Morgan fingerprint density at radius 1 is 0.789 bits per heavy atom. The maximum absolute atomic E-state index is 11.8. The van der Waals surface area contributed by atoms with Crippen LogP contribution in [0.3, 0.4) is 0 Å². The summed E-state index contributed by atoms with van der Waals surface area (Å²) in [6, 6.07) is 17.5. The molecule has 0 fully saturated rings. The number of hydrogen-bond donors (Lipinski definition) is 1. The number of Topliss-reactive ketones (excluding diaryl/α,β-unsaturated/α-hetero) is 2. The van der Waals surface area contributed by atoms with E-state index in [1.165, 1.54) is 13.8 Å². The lowest BCUT2D eigenvalue weighted by atomic mass is 10.1. The van der Waals surface area contributed by atoms with E-state index in [1.807, 2.05) is 19.1 Å². The summed E-state index contributed by atoms with van der Waals surface area (Å²) >= 11 is 0. The highest BCUT2D eigenvalue weighted by Gasteiger charge is 2.19. The summed E-state index contributed by atoms with van der Waals surface area (Å²) in [6.07, 6.45) is 0.475. The number of aliphatic imine (C=N–C) groups is 1. The van der Waals surface area contributed by atoms with Crippen molar-refractivity contribution in [2.24, 2.45) is 4.99 Å². The lowest BCUT2D eigenvalue weighted by molar-refractivity contribution is -0.111. The first-order chi connectivity index (χ1) is 18.2. The Morgan fingerprint density at radius 3 is 1.76 bits per heavy atom. The van der Waals surface area contributed by atoms with Gasteiger partial charge in [0.2, 0.25) is 0 Å². The Bertz CT molecular complexity index is 1390. The van der Waals surface area contributed by atoms with Crippen molar-refractivity contribution in [3.8, 4) is 0 Å². The number of H-pyrrole nitrogens is 1. The molecule has 0 unspecified atom stereocenters. The van der Waals surface area contributed by atoms with Crippen molar-refractivity contribution in [1.29, 1.82) is 0 Å². The van der Waals surface area contributed by atoms with Crippen LogP contribution in [0.2, 0.25) is 0 Å². The normalized spacial score (nSPS) is 12.3. The zero-order chi connectivity index (χ0) is 27.7. The Hall–Kier alpha value is -4.66. The zero-order valence-electron chi connectivity index (χ0n) is 21.7. The van der Waals surface area contributed by atoms with Crippen LogP contribution >= 0.6 is 0 Å². The minimum atomic E-state index is -0.410. The number of benzene rings is 2. The third-order valence-corrected chi connectivity index (χ3v) is 5.66. The van der Waals surface area contributed by atoms with Crippen molar-refractivity contribution in [2.75, 3.05) is 6.61 Å². The van der Waals surface area contributed by atoms with E-state index in [4.69, 9.17) is 9.47 Å². The molecule has 9 heteroatoms. The van der Waals surface area contributed by atoms with Gasteiger partial charge in [0.05, 0.1) is 22.5 Å². The number of carbonyl (C=O) groups is 4. The number of aryl methyl sites for hydroxylation is 1. The highest BCUT2D eigenvalue weighted by atomic mass is 16.5. The van der Waals surface area contributed by atoms with Crippen LogP contribution < -0.4 is 0 Å². The number of nitrogens with one attached hydrogen (secondary N) is 1. The maximum atomic E-state index is 11.8. The second kappa shape index (κ2) is 13.0. The Balaban J connectivity index is 0.000000211. The Labute approximate surface area is 220 Å². The van der Waals surface area contributed by atoms with E-state index in [0.29, 0.717) is 29.0 Å². The summed E-state index contributed by atoms with van der Waals surface area (Å²) in [6.45, 7) is 6.75. The Morgan fingerprint density at radius 2 is 1.32 bits per heavy atom. The standard InChI is InChI=1S/C15H15NO3.C14H14N2O3/c1-10-13(8-14(16-10)11(2)17)9-19-15(18)12-6-4-3-5-7-12;1-9-12(16-13(15-9)10(2)17)8-19-14(18)11-6-4-3-5-7-11/h3-7H,8-9H2,1-2H3;3-7H,8H2,1-2H3,(H,15,16). The molecule has 0 atom stereocenters. The molecular formula is C29H29N3O6. The van der Waals surface area contributed by atoms with Gasteiger partial charge in [-0.05, 0) is 43.7 Å². The molecule has 0 bridgehead atoms. The average molecular weight is 516 g/mol. The molecule has 0 saturated carbocycles. The summed E-state index contributed by atoms with van der Waals surface area (Å²) in [5.41, 5.74) is 4.48. The number of aromatic nitrogens is 2. The fraction of sp³-hybridized carbons (Fsp3) is 0.241.